The molecule has 25 heavy (non-hydrogen) atoms. The van der Waals surface area contributed by atoms with Crippen LogP contribution < -0.4 is 5.32 Å². The molecule has 0 aliphatic heterocycles. The van der Waals surface area contributed by atoms with Gasteiger partial charge in [0.1, 0.15) is 6.04 Å². The van der Waals surface area contributed by atoms with Crippen LogP contribution in [-0.2, 0) is 19.6 Å². The normalized spacial score (nSPS) is 14.0. The molecule has 0 saturated heterocycles. The van der Waals surface area contributed by atoms with E-state index in [-0.39, 0.29) is 21.4 Å². The quantitative estimate of drug-likeness (QED) is 0.718. The van der Waals surface area contributed by atoms with Gasteiger partial charge in [0.05, 0.1) is 22.6 Å². The second-order valence-corrected chi connectivity index (χ2v) is 8.35. The Hall–Kier alpha value is -1.64. The fourth-order valence-corrected chi connectivity index (χ4v) is 3.20. The number of esters is 1. The number of sulfonamides is 1. The van der Waals surface area contributed by atoms with Crippen molar-refractivity contribution >= 4 is 33.5 Å². The van der Waals surface area contributed by atoms with Gasteiger partial charge in [-0.3, -0.25) is 4.79 Å². The van der Waals surface area contributed by atoms with Crippen LogP contribution in [0.1, 0.15) is 30.6 Å². The molecule has 0 spiro atoms. The van der Waals surface area contributed by atoms with E-state index in [9.17, 15) is 18.0 Å². The maximum absolute atomic E-state index is 12.6. The maximum Gasteiger partial charge on any atom is 0.328 e. The zero-order valence-electron chi connectivity index (χ0n) is 14.9. The Balaban J connectivity index is 3.23. The predicted octanol–water partition coefficient (Wildman–Crippen LogP) is 1.91. The van der Waals surface area contributed by atoms with Gasteiger partial charge in [0.15, 0.2) is 0 Å². The maximum atomic E-state index is 12.6. The number of ether oxygens (including phenoxy) is 1. The van der Waals surface area contributed by atoms with E-state index in [0.29, 0.717) is 6.42 Å². The molecule has 1 aromatic rings. The summed E-state index contributed by atoms with van der Waals surface area (Å²) in [5.74, 6) is -1.38. The zero-order valence-corrected chi connectivity index (χ0v) is 16.4. The minimum atomic E-state index is -3.72. The number of benzene rings is 1. The number of nitrogens with one attached hydrogen (secondary N) is 1. The molecular weight excluding hydrogens is 368 g/mol. The second-order valence-electron chi connectivity index (χ2n) is 5.79. The van der Waals surface area contributed by atoms with Crippen LogP contribution in [-0.4, -0.2) is 51.8 Å². The number of halogens is 1. The molecule has 7 nitrogen and oxygen atoms in total. The first-order valence-electron chi connectivity index (χ1n) is 7.67. The molecule has 140 valence electrons. The highest BCUT2D eigenvalue weighted by atomic mass is 35.5. The van der Waals surface area contributed by atoms with E-state index in [1.165, 1.54) is 39.4 Å². The zero-order chi connectivity index (χ0) is 19.4. The lowest BCUT2D eigenvalue weighted by Crippen LogP contribution is -2.45. The monoisotopic (exact) mass is 390 g/mol. The third kappa shape index (κ3) is 4.93. The molecular formula is C16H23ClN2O5S. The molecule has 0 aliphatic rings. The smallest absolute Gasteiger partial charge is 0.328 e. The Labute approximate surface area is 153 Å². The van der Waals surface area contributed by atoms with Crippen LogP contribution >= 0.6 is 11.6 Å². The van der Waals surface area contributed by atoms with E-state index >= 15 is 0 Å². The minimum Gasteiger partial charge on any atom is -0.467 e. The van der Waals surface area contributed by atoms with Crippen LogP contribution in [0.15, 0.2) is 23.1 Å². The average molecular weight is 391 g/mol. The van der Waals surface area contributed by atoms with Crippen molar-refractivity contribution in [1.82, 2.24) is 9.62 Å². The van der Waals surface area contributed by atoms with Gasteiger partial charge >= 0.3 is 5.97 Å². The summed E-state index contributed by atoms with van der Waals surface area (Å²) in [6, 6.07) is 3.00. The molecule has 0 heterocycles. The molecule has 0 saturated carbocycles. The van der Waals surface area contributed by atoms with Gasteiger partial charge in [-0.25, -0.2) is 17.5 Å². The lowest BCUT2D eigenvalue weighted by molar-refractivity contribution is -0.144. The summed E-state index contributed by atoms with van der Waals surface area (Å²) in [6.07, 6.45) is 0.642. The third-order valence-corrected chi connectivity index (χ3v) is 6.06. The molecule has 1 rings (SSSR count). The SMILES string of the molecule is CC[C@@H](C)[C@H](NC(=O)c1cc(S(=O)(=O)N(C)C)ccc1Cl)C(=O)OC. The van der Waals surface area contributed by atoms with Gasteiger partial charge in [-0.05, 0) is 24.1 Å². The molecule has 0 unspecified atom stereocenters. The number of nitrogens with zero attached hydrogens (tertiary/aromatic N) is 1. The number of amides is 1. The lowest BCUT2D eigenvalue weighted by Gasteiger charge is -2.22. The third-order valence-electron chi connectivity index (χ3n) is 3.92. The Morgan fingerprint density at radius 1 is 1.32 bits per heavy atom. The van der Waals surface area contributed by atoms with Crippen LogP contribution in [0, 0.1) is 5.92 Å². The molecule has 0 bridgehead atoms. The number of methoxy groups -OCH3 is 1. The molecule has 0 radical (unpaired) electrons. The fourth-order valence-electron chi connectivity index (χ4n) is 2.06. The van der Waals surface area contributed by atoms with Crippen molar-refractivity contribution < 1.29 is 22.7 Å². The van der Waals surface area contributed by atoms with E-state index in [1.807, 2.05) is 6.92 Å². The highest BCUT2D eigenvalue weighted by Gasteiger charge is 2.28. The van der Waals surface area contributed by atoms with Gasteiger partial charge in [-0.1, -0.05) is 31.9 Å². The lowest BCUT2D eigenvalue weighted by atomic mass is 9.99. The highest BCUT2D eigenvalue weighted by Crippen LogP contribution is 2.22. The van der Waals surface area contributed by atoms with Crippen LogP contribution in [0.3, 0.4) is 0 Å². The minimum absolute atomic E-state index is 0.0261. The number of hydrogen-bond donors (Lipinski definition) is 1. The van der Waals surface area contributed by atoms with E-state index < -0.39 is 27.9 Å². The predicted molar refractivity (Wildman–Crippen MR) is 95.1 cm³/mol. The van der Waals surface area contributed by atoms with E-state index in [1.54, 1.807) is 6.92 Å². The molecule has 1 amide bonds. The molecule has 0 aliphatic carbocycles. The van der Waals surface area contributed by atoms with Gasteiger partial charge in [0, 0.05) is 14.1 Å². The molecule has 1 aromatic carbocycles. The summed E-state index contributed by atoms with van der Waals surface area (Å²) in [4.78, 5) is 24.4. The summed E-state index contributed by atoms with van der Waals surface area (Å²) in [7, 11) is 0.298. The molecule has 0 aromatic heterocycles. The van der Waals surface area contributed by atoms with Gasteiger partial charge < -0.3 is 10.1 Å². The van der Waals surface area contributed by atoms with E-state index in [4.69, 9.17) is 16.3 Å². The fraction of sp³-hybridized carbons (Fsp3) is 0.500. The van der Waals surface area contributed by atoms with Gasteiger partial charge in [0.2, 0.25) is 10.0 Å². The van der Waals surface area contributed by atoms with Crippen molar-refractivity contribution in [3.05, 3.63) is 28.8 Å². The Bertz CT molecular complexity index is 749. The van der Waals surface area contributed by atoms with Crippen LogP contribution in [0.5, 0.6) is 0 Å². The Morgan fingerprint density at radius 2 is 1.92 bits per heavy atom. The van der Waals surface area contributed by atoms with Crippen LogP contribution in [0.4, 0.5) is 0 Å². The van der Waals surface area contributed by atoms with Crippen molar-refractivity contribution in [1.29, 1.82) is 0 Å². The molecule has 0 fully saturated rings. The van der Waals surface area contributed by atoms with Crippen LogP contribution in [0.25, 0.3) is 0 Å². The van der Waals surface area contributed by atoms with Gasteiger partial charge in [-0.2, -0.15) is 0 Å². The molecule has 1 N–H and O–H groups in total. The van der Waals surface area contributed by atoms with Crippen molar-refractivity contribution in [2.75, 3.05) is 21.2 Å². The molecule has 9 heteroatoms. The van der Waals surface area contributed by atoms with Crippen molar-refractivity contribution in [2.45, 2.75) is 31.2 Å². The van der Waals surface area contributed by atoms with Crippen molar-refractivity contribution in [2.24, 2.45) is 5.92 Å². The number of rotatable bonds is 7. The average Bonchev–Trinajstić information content (AvgIpc) is 2.58. The number of hydrogen-bond acceptors (Lipinski definition) is 5. The van der Waals surface area contributed by atoms with E-state index in [0.717, 1.165) is 4.31 Å². The first-order chi connectivity index (χ1) is 11.6. The van der Waals surface area contributed by atoms with Gasteiger partial charge in [-0.15, -0.1) is 0 Å². The second kappa shape index (κ2) is 8.64. The van der Waals surface area contributed by atoms with Crippen molar-refractivity contribution in [3.63, 3.8) is 0 Å². The first kappa shape index (κ1) is 21.4. The van der Waals surface area contributed by atoms with Gasteiger partial charge in [0.25, 0.3) is 5.91 Å². The number of carbonyl (C=O) groups excluding carboxylic acids is 2. The topological polar surface area (TPSA) is 92.8 Å². The summed E-state index contributed by atoms with van der Waals surface area (Å²) in [5, 5.41) is 2.66. The number of carbonyl (C=O) groups is 2. The summed E-state index contributed by atoms with van der Waals surface area (Å²) < 4.78 is 30.2. The Morgan fingerprint density at radius 3 is 2.40 bits per heavy atom. The standard InChI is InChI=1S/C16H23ClN2O5S/c1-6-10(2)14(16(21)24-5)18-15(20)12-9-11(7-8-13(12)17)25(22,23)19(3)4/h7-10,14H,6H2,1-5H3,(H,18,20)/t10-,14+/m1/s1. The van der Waals surface area contributed by atoms with Crippen molar-refractivity contribution in [3.8, 4) is 0 Å². The van der Waals surface area contributed by atoms with E-state index in [2.05, 4.69) is 5.32 Å². The summed E-state index contributed by atoms with van der Waals surface area (Å²) >= 11 is 6.05. The highest BCUT2D eigenvalue weighted by molar-refractivity contribution is 7.89. The largest absolute Gasteiger partial charge is 0.467 e. The first-order valence-corrected chi connectivity index (χ1v) is 9.48. The summed E-state index contributed by atoms with van der Waals surface area (Å²) in [5.41, 5.74) is -0.0261. The molecule has 2 atom stereocenters. The Kier molecular flexibility index (Phi) is 7.40. The summed E-state index contributed by atoms with van der Waals surface area (Å²) in [6.45, 7) is 3.68. The van der Waals surface area contributed by atoms with Crippen LogP contribution in [0.2, 0.25) is 5.02 Å².